The molecule has 2 aromatic rings. The van der Waals surface area contributed by atoms with E-state index in [1.807, 2.05) is 29.2 Å². The molecule has 0 aliphatic carbocycles. The third-order valence-corrected chi connectivity index (χ3v) is 4.88. The Balaban J connectivity index is 1.56. The Morgan fingerprint density at radius 2 is 1.72 bits per heavy atom. The summed E-state index contributed by atoms with van der Waals surface area (Å²) in [6.45, 7) is 5.58. The van der Waals surface area contributed by atoms with E-state index >= 15 is 0 Å². The summed E-state index contributed by atoms with van der Waals surface area (Å²) in [4.78, 5) is 18.4. The third kappa shape index (κ3) is 6.06. The average Bonchev–Trinajstić information content (AvgIpc) is 3.17. The van der Waals surface area contributed by atoms with Gasteiger partial charge in [-0.05, 0) is 42.2 Å². The van der Waals surface area contributed by atoms with E-state index < -0.39 is 0 Å². The van der Waals surface area contributed by atoms with Gasteiger partial charge in [0.2, 0.25) is 5.91 Å². The van der Waals surface area contributed by atoms with Crippen LogP contribution in [0.25, 0.3) is 0 Å². The van der Waals surface area contributed by atoms with E-state index in [2.05, 4.69) is 46.8 Å². The highest BCUT2D eigenvalue weighted by molar-refractivity contribution is 5.95. The van der Waals surface area contributed by atoms with Crippen LogP contribution in [0.15, 0.2) is 53.5 Å². The van der Waals surface area contributed by atoms with E-state index in [4.69, 9.17) is 4.74 Å². The van der Waals surface area contributed by atoms with Crippen molar-refractivity contribution >= 4 is 17.6 Å². The average molecular weight is 395 g/mol. The van der Waals surface area contributed by atoms with Crippen molar-refractivity contribution < 1.29 is 9.53 Å². The summed E-state index contributed by atoms with van der Waals surface area (Å²) in [5.41, 5.74) is 4.44. The maximum atomic E-state index is 11.9. The lowest BCUT2D eigenvalue weighted by Gasteiger charge is -2.16. The Labute approximate surface area is 173 Å². The van der Waals surface area contributed by atoms with E-state index in [0.717, 1.165) is 42.3 Å². The number of nitrogens with one attached hydrogen (secondary N) is 2. The lowest BCUT2D eigenvalue weighted by Crippen LogP contribution is -2.36. The van der Waals surface area contributed by atoms with Crippen LogP contribution < -0.4 is 15.5 Å². The summed E-state index contributed by atoms with van der Waals surface area (Å²) >= 11 is 0. The van der Waals surface area contributed by atoms with Gasteiger partial charge in [-0.2, -0.15) is 0 Å². The summed E-state index contributed by atoms with van der Waals surface area (Å²) in [7, 11) is 1.70. The minimum Gasteiger partial charge on any atom is -0.380 e. The van der Waals surface area contributed by atoms with E-state index in [-0.39, 0.29) is 5.91 Å². The number of anilines is 1. The normalized spacial score (nSPS) is 14.3. The summed E-state index contributed by atoms with van der Waals surface area (Å²) in [6.07, 6.45) is 1.59. The van der Waals surface area contributed by atoms with E-state index in [0.29, 0.717) is 26.1 Å². The second kappa shape index (κ2) is 10.6. The largest absolute Gasteiger partial charge is 0.380 e. The van der Waals surface area contributed by atoms with Crippen molar-refractivity contribution in [1.29, 1.82) is 0 Å². The number of amides is 1. The highest BCUT2D eigenvalue weighted by atomic mass is 16.5. The van der Waals surface area contributed by atoms with Crippen LogP contribution in [-0.2, 0) is 29.2 Å². The van der Waals surface area contributed by atoms with E-state index in [9.17, 15) is 4.79 Å². The molecular formula is C23H30N4O2. The predicted octanol–water partition coefficient (Wildman–Crippen LogP) is 3.22. The van der Waals surface area contributed by atoms with Crippen molar-refractivity contribution in [2.45, 2.75) is 39.5 Å². The Bertz CT molecular complexity index is 816. The molecule has 1 aliphatic rings. The maximum absolute atomic E-state index is 11.9. The first-order chi connectivity index (χ1) is 14.2. The summed E-state index contributed by atoms with van der Waals surface area (Å²) in [5, 5.41) is 6.66. The number of benzene rings is 2. The number of methoxy groups -OCH3 is 1. The van der Waals surface area contributed by atoms with Crippen molar-refractivity contribution in [3.05, 3.63) is 65.2 Å². The highest BCUT2D eigenvalue weighted by Gasteiger charge is 2.21. The molecule has 0 aromatic heterocycles. The molecule has 0 saturated carbocycles. The molecule has 1 heterocycles. The zero-order valence-corrected chi connectivity index (χ0v) is 17.3. The molecular weight excluding hydrogens is 364 g/mol. The van der Waals surface area contributed by atoms with E-state index in [1.165, 1.54) is 5.56 Å². The molecule has 0 spiro atoms. The fourth-order valence-corrected chi connectivity index (χ4v) is 3.32. The van der Waals surface area contributed by atoms with Gasteiger partial charge in [-0.1, -0.05) is 36.4 Å². The topological polar surface area (TPSA) is 66.0 Å². The Hall–Kier alpha value is -2.86. The predicted molar refractivity (Wildman–Crippen MR) is 117 cm³/mol. The molecule has 6 heteroatoms. The first kappa shape index (κ1) is 20.9. The van der Waals surface area contributed by atoms with Crippen LogP contribution in [0.3, 0.4) is 0 Å². The molecule has 3 rings (SSSR count). The smallest absolute Gasteiger partial charge is 0.227 e. The first-order valence-corrected chi connectivity index (χ1v) is 10.2. The molecule has 0 atom stereocenters. The number of carbonyl (C=O) groups is 1. The van der Waals surface area contributed by atoms with Crippen molar-refractivity contribution in [1.82, 2.24) is 10.6 Å². The number of hydrogen-bond donors (Lipinski definition) is 2. The van der Waals surface area contributed by atoms with Crippen LogP contribution in [0.5, 0.6) is 0 Å². The fraction of sp³-hybridized carbons (Fsp3) is 0.391. The van der Waals surface area contributed by atoms with Gasteiger partial charge >= 0.3 is 0 Å². The van der Waals surface area contributed by atoms with Gasteiger partial charge < -0.3 is 20.3 Å². The molecule has 29 heavy (non-hydrogen) atoms. The fourth-order valence-electron chi connectivity index (χ4n) is 3.32. The molecule has 6 nitrogen and oxygen atoms in total. The van der Waals surface area contributed by atoms with Crippen LogP contribution in [0, 0.1) is 0 Å². The number of carbonyl (C=O) groups excluding carboxylic acids is 1. The van der Waals surface area contributed by atoms with Crippen molar-refractivity contribution in [3.63, 3.8) is 0 Å². The van der Waals surface area contributed by atoms with Crippen LogP contribution >= 0.6 is 0 Å². The number of ether oxygens (including phenoxy) is 1. The third-order valence-electron chi connectivity index (χ3n) is 4.88. The van der Waals surface area contributed by atoms with Gasteiger partial charge in [0.1, 0.15) is 0 Å². The molecule has 1 saturated heterocycles. The molecule has 0 unspecified atom stereocenters. The second-order valence-corrected chi connectivity index (χ2v) is 7.11. The molecule has 2 aromatic carbocycles. The lowest BCUT2D eigenvalue weighted by molar-refractivity contribution is -0.117. The molecule has 0 bridgehead atoms. The monoisotopic (exact) mass is 394 g/mol. The van der Waals surface area contributed by atoms with Crippen molar-refractivity contribution in [2.24, 2.45) is 4.99 Å². The molecule has 1 amide bonds. The zero-order chi connectivity index (χ0) is 20.5. The molecule has 2 N–H and O–H groups in total. The second-order valence-electron chi connectivity index (χ2n) is 7.11. The molecule has 0 radical (unpaired) electrons. The minimum absolute atomic E-state index is 0.213. The summed E-state index contributed by atoms with van der Waals surface area (Å²) in [6, 6.07) is 16.5. The SMILES string of the molecule is CCNC(=NCc1ccc(N2CCCC2=O)cc1)NCc1ccc(COC)cc1. The van der Waals surface area contributed by atoms with Gasteiger partial charge in [-0.25, -0.2) is 4.99 Å². The molecule has 1 fully saturated rings. The van der Waals surface area contributed by atoms with Gasteiger partial charge in [-0.15, -0.1) is 0 Å². The quantitative estimate of drug-likeness (QED) is 0.533. The number of rotatable bonds is 8. The number of aliphatic imine (C=N–C) groups is 1. The number of nitrogens with zero attached hydrogens (tertiary/aromatic N) is 2. The van der Waals surface area contributed by atoms with Crippen LogP contribution in [-0.4, -0.2) is 32.1 Å². The highest BCUT2D eigenvalue weighted by Crippen LogP contribution is 2.21. The number of guanidine groups is 1. The van der Waals surface area contributed by atoms with Gasteiger partial charge in [0, 0.05) is 38.9 Å². The Morgan fingerprint density at radius 3 is 2.34 bits per heavy atom. The van der Waals surface area contributed by atoms with Crippen LogP contribution in [0.2, 0.25) is 0 Å². The first-order valence-electron chi connectivity index (χ1n) is 10.2. The van der Waals surface area contributed by atoms with Crippen LogP contribution in [0.4, 0.5) is 5.69 Å². The Kier molecular flexibility index (Phi) is 7.64. The standard InChI is InChI=1S/C23H30N4O2/c1-3-24-23(25-15-18-6-8-20(9-7-18)17-29-2)26-16-19-10-12-21(13-11-19)27-14-4-5-22(27)28/h6-13H,3-5,14-17H2,1-2H3,(H2,24,25,26). The Morgan fingerprint density at radius 1 is 1.03 bits per heavy atom. The number of hydrogen-bond acceptors (Lipinski definition) is 3. The maximum Gasteiger partial charge on any atom is 0.227 e. The molecule has 154 valence electrons. The van der Waals surface area contributed by atoms with Gasteiger partial charge in [0.15, 0.2) is 5.96 Å². The summed E-state index contributed by atoms with van der Waals surface area (Å²) < 4.78 is 5.15. The van der Waals surface area contributed by atoms with Gasteiger partial charge in [0.05, 0.1) is 13.2 Å². The van der Waals surface area contributed by atoms with E-state index in [1.54, 1.807) is 7.11 Å². The van der Waals surface area contributed by atoms with Gasteiger partial charge in [0.25, 0.3) is 0 Å². The molecule has 1 aliphatic heterocycles. The van der Waals surface area contributed by atoms with Crippen molar-refractivity contribution in [2.75, 3.05) is 25.1 Å². The van der Waals surface area contributed by atoms with Gasteiger partial charge in [-0.3, -0.25) is 4.79 Å². The minimum atomic E-state index is 0.213. The zero-order valence-electron chi connectivity index (χ0n) is 17.3. The van der Waals surface area contributed by atoms with Crippen molar-refractivity contribution in [3.8, 4) is 0 Å². The summed E-state index contributed by atoms with van der Waals surface area (Å²) in [5.74, 6) is 0.997. The lowest BCUT2D eigenvalue weighted by atomic mass is 10.1. The van der Waals surface area contributed by atoms with Crippen LogP contribution in [0.1, 0.15) is 36.5 Å².